The number of rotatable bonds is 16. The van der Waals surface area contributed by atoms with Gasteiger partial charge in [-0.2, -0.15) is 0 Å². The topological polar surface area (TPSA) is 204 Å². The molecule has 0 saturated carbocycles. The number of anilines is 2. The maximum atomic E-state index is 14.2. The van der Waals surface area contributed by atoms with Gasteiger partial charge in [0, 0.05) is 17.5 Å². The summed E-state index contributed by atoms with van der Waals surface area (Å²) in [5.74, 6) is -5.76. The Hall–Kier alpha value is -6.65. The van der Waals surface area contributed by atoms with E-state index in [9.17, 15) is 33.2 Å². The summed E-state index contributed by atoms with van der Waals surface area (Å²) < 4.78 is 55.2. The summed E-state index contributed by atoms with van der Waals surface area (Å²) in [6, 6.07) is 12.6. The van der Waals surface area contributed by atoms with Crippen molar-refractivity contribution in [1.29, 1.82) is 0 Å². The first-order valence-corrected chi connectivity index (χ1v) is 15.2. The first kappa shape index (κ1) is 38.2. The van der Waals surface area contributed by atoms with Crippen LogP contribution in [0.1, 0.15) is 15.9 Å². The fourth-order valence-electron chi connectivity index (χ4n) is 4.57. The highest BCUT2D eigenvalue weighted by atomic mass is 19.1. The van der Waals surface area contributed by atoms with Gasteiger partial charge in [0.05, 0.1) is 39.8 Å². The average Bonchev–Trinajstić information content (AvgIpc) is 3.16. The van der Waals surface area contributed by atoms with Crippen LogP contribution < -0.4 is 25.7 Å². The van der Waals surface area contributed by atoms with E-state index in [2.05, 4.69) is 20.1 Å². The molecule has 0 bridgehead atoms. The highest BCUT2D eigenvalue weighted by Gasteiger charge is 2.31. The van der Waals surface area contributed by atoms with Crippen LogP contribution in [0.4, 0.5) is 15.8 Å². The number of methoxy groups -OCH3 is 4. The van der Waals surface area contributed by atoms with E-state index < -0.39 is 58.9 Å². The van der Waals surface area contributed by atoms with Crippen molar-refractivity contribution in [2.75, 3.05) is 52.3 Å². The molecule has 2 N–H and O–H groups in total. The van der Waals surface area contributed by atoms with Crippen LogP contribution in [0, 0.1) is 5.82 Å². The third kappa shape index (κ3) is 9.52. The number of carbonyl (C=O) groups excluding carboxylic acids is 5. The van der Waals surface area contributed by atoms with Gasteiger partial charge in [-0.05, 0) is 29.8 Å². The quantitative estimate of drug-likeness (QED) is 0.0560. The van der Waals surface area contributed by atoms with Crippen LogP contribution in [0.25, 0.3) is 11.0 Å². The Morgan fingerprint density at radius 3 is 1.79 bits per heavy atom. The molecular weight excluding hydrogens is 691 g/mol. The van der Waals surface area contributed by atoms with E-state index in [1.807, 2.05) is 0 Å². The molecule has 0 radical (unpaired) electrons. The Bertz CT molecular complexity index is 1970. The Morgan fingerprint density at radius 1 is 0.692 bits per heavy atom. The van der Waals surface area contributed by atoms with Crippen LogP contribution in [0.3, 0.4) is 0 Å². The van der Waals surface area contributed by atoms with Crippen molar-refractivity contribution in [3.8, 4) is 11.5 Å². The van der Waals surface area contributed by atoms with Gasteiger partial charge in [-0.25, -0.2) is 33.2 Å². The van der Waals surface area contributed by atoms with Crippen molar-refractivity contribution in [3.05, 3.63) is 94.1 Å². The average molecular weight is 725 g/mol. The second kappa shape index (κ2) is 17.8. The number of halogens is 1. The van der Waals surface area contributed by atoms with Crippen molar-refractivity contribution >= 4 is 52.2 Å². The molecule has 3 aromatic carbocycles. The number of nitrogens with one attached hydrogen (secondary N) is 2. The number of hydrogen-bond acceptors (Lipinski definition) is 16. The zero-order valence-electron chi connectivity index (χ0n) is 28.2. The van der Waals surface area contributed by atoms with Crippen LogP contribution in [-0.4, -0.2) is 83.6 Å². The standard InChI is InChI=1S/C35H33FN2O14/c1-45-32(41)28(33(42)46-2)37-23-11-10-21(36)16-27(23)50-13-12-49-26-15-20-14-22(30(39)51-18-19-8-6-5-7-9-19)31(40)52-25(20)17-24(26)38-29(34(43)47-3)35(44)48-4/h5-11,14-17,28-29,37-38H,12-13,18H2,1-4H3. The molecule has 4 aromatic rings. The van der Waals surface area contributed by atoms with Crippen molar-refractivity contribution in [2.45, 2.75) is 18.7 Å². The number of hydrogen-bond donors (Lipinski definition) is 2. The van der Waals surface area contributed by atoms with Gasteiger partial charge in [-0.1, -0.05) is 30.3 Å². The summed E-state index contributed by atoms with van der Waals surface area (Å²) in [7, 11) is 4.25. The molecule has 0 aliphatic rings. The third-order valence-electron chi connectivity index (χ3n) is 7.16. The van der Waals surface area contributed by atoms with Crippen LogP contribution in [0.5, 0.6) is 11.5 Å². The van der Waals surface area contributed by atoms with Crippen molar-refractivity contribution in [1.82, 2.24) is 0 Å². The fourth-order valence-corrected chi connectivity index (χ4v) is 4.57. The maximum absolute atomic E-state index is 14.2. The van der Waals surface area contributed by atoms with Crippen molar-refractivity contribution in [2.24, 2.45) is 0 Å². The summed E-state index contributed by atoms with van der Waals surface area (Å²) >= 11 is 0. The van der Waals surface area contributed by atoms with Crippen LogP contribution in [0.15, 0.2) is 75.9 Å². The molecule has 0 fully saturated rings. The van der Waals surface area contributed by atoms with E-state index in [0.717, 1.165) is 40.6 Å². The Morgan fingerprint density at radius 2 is 1.23 bits per heavy atom. The maximum Gasteiger partial charge on any atom is 0.351 e. The third-order valence-corrected chi connectivity index (χ3v) is 7.16. The van der Waals surface area contributed by atoms with E-state index in [1.54, 1.807) is 30.3 Å². The molecule has 17 heteroatoms. The Labute approximate surface area is 294 Å². The van der Waals surface area contributed by atoms with Gasteiger partial charge in [0.25, 0.3) is 0 Å². The normalized spacial score (nSPS) is 10.7. The molecule has 0 aliphatic heterocycles. The van der Waals surface area contributed by atoms with Crippen LogP contribution in [0.2, 0.25) is 0 Å². The molecule has 0 aliphatic carbocycles. The molecule has 0 amide bonds. The molecular formula is C35H33FN2O14. The first-order valence-electron chi connectivity index (χ1n) is 15.2. The van der Waals surface area contributed by atoms with Crippen LogP contribution >= 0.6 is 0 Å². The largest absolute Gasteiger partial charge is 0.488 e. The summed E-state index contributed by atoms with van der Waals surface area (Å²) in [5, 5.41) is 5.44. The number of carbonyl (C=O) groups is 5. The van der Waals surface area contributed by atoms with Crippen molar-refractivity contribution in [3.63, 3.8) is 0 Å². The Balaban J connectivity index is 1.62. The smallest absolute Gasteiger partial charge is 0.351 e. The highest BCUT2D eigenvalue weighted by molar-refractivity contribution is 6.03. The second-order valence-corrected chi connectivity index (χ2v) is 10.5. The van der Waals surface area contributed by atoms with E-state index in [1.165, 1.54) is 24.3 Å². The number of esters is 5. The van der Waals surface area contributed by atoms with Gasteiger partial charge in [0.15, 0.2) is 0 Å². The summed E-state index contributed by atoms with van der Waals surface area (Å²) in [6.45, 7) is -0.641. The van der Waals surface area contributed by atoms with Gasteiger partial charge in [-0.15, -0.1) is 0 Å². The summed E-state index contributed by atoms with van der Waals surface area (Å²) in [6.07, 6.45) is 0. The van der Waals surface area contributed by atoms with Crippen LogP contribution in [-0.2, 0) is 49.5 Å². The van der Waals surface area contributed by atoms with E-state index in [-0.39, 0.29) is 53.7 Å². The van der Waals surface area contributed by atoms with Gasteiger partial charge in [-0.3, -0.25) is 0 Å². The van der Waals surface area contributed by atoms with Gasteiger partial charge in [0.2, 0.25) is 12.1 Å². The molecule has 1 aromatic heterocycles. The molecule has 16 nitrogen and oxygen atoms in total. The van der Waals surface area contributed by atoms with Gasteiger partial charge in [0.1, 0.15) is 48.3 Å². The molecule has 52 heavy (non-hydrogen) atoms. The lowest BCUT2D eigenvalue weighted by Crippen LogP contribution is -2.39. The number of ether oxygens (including phenoxy) is 7. The fraction of sp³-hybridized carbons (Fsp3) is 0.257. The Kier molecular flexibility index (Phi) is 13.1. The zero-order chi connectivity index (χ0) is 37.8. The minimum Gasteiger partial charge on any atom is -0.488 e. The lowest BCUT2D eigenvalue weighted by Gasteiger charge is -2.20. The minimum atomic E-state index is -1.68. The van der Waals surface area contributed by atoms with Gasteiger partial charge < -0.3 is 48.2 Å². The van der Waals surface area contributed by atoms with E-state index in [0.29, 0.717) is 5.56 Å². The highest BCUT2D eigenvalue weighted by Crippen LogP contribution is 2.32. The molecule has 0 unspecified atom stereocenters. The molecule has 4 rings (SSSR count). The molecule has 0 atom stereocenters. The lowest BCUT2D eigenvalue weighted by atomic mass is 10.1. The molecule has 1 heterocycles. The minimum absolute atomic E-state index is 0.0274. The van der Waals surface area contributed by atoms with E-state index in [4.69, 9.17) is 28.1 Å². The molecule has 0 spiro atoms. The van der Waals surface area contributed by atoms with E-state index >= 15 is 0 Å². The second-order valence-electron chi connectivity index (χ2n) is 10.5. The van der Waals surface area contributed by atoms with Crippen molar-refractivity contribution < 1.29 is 65.9 Å². The zero-order valence-corrected chi connectivity index (χ0v) is 28.2. The lowest BCUT2D eigenvalue weighted by molar-refractivity contribution is -0.154. The SMILES string of the molecule is COC(=O)C(Nc1ccc(F)cc1OCCOc1cc2cc(C(=O)OCc3ccccc3)c(=O)oc2cc1NC(C(=O)OC)C(=O)OC)C(=O)OC. The summed E-state index contributed by atoms with van der Waals surface area (Å²) in [5.41, 5.74) is -0.807. The first-order chi connectivity index (χ1) is 25.0. The number of fused-ring (bicyclic) bond motifs is 1. The molecule has 274 valence electrons. The van der Waals surface area contributed by atoms with Gasteiger partial charge >= 0.3 is 35.5 Å². The molecule has 0 saturated heterocycles. The summed E-state index contributed by atoms with van der Waals surface area (Å²) in [4.78, 5) is 74.9. The monoisotopic (exact) mass is 724 g/mol. The predicted molar refractivity (Wildman–Crippen MR) is 178 cm³/mol. The predicted octanol–water partition coefficient (Wildman–Crippen LogP) is 3.00. The number of benzene rings is 3.